The van der Waals surface area contributed by atoms with Gasteiger partial charge >= 0.3 is 0 Å². The number of nitrogens with one attached hydrogen (secondary N) is 1. The fourth-order valence-corrected chi connectivity index (χ4v) is 2.99. The van der Waals surface area contributed by atoms with Gasteiger partial charge in [-0.15, -0.1) is 0 Å². The molecule has 0 bridgehead atoms. The number of rotatable bonds is 4. The van der Waals surface area contributed by atoms with Crippen LogP contribution in [0.5, 0.6) is 0 Å². The van der Waals surface area contributed by atoms with Gasteiger partial charge in [0.1, 0.15) is 0 Å². The lowest BCUT2D eigenvalue weighted by molar-refractivity contribution is 0.0931. The highest BCUT2D eigenvalue weighted by Gasteiger charge is 2.45. The number of halogens is 1. The summed E-state index contributed by atoms with van der Waals surface area (Å²) < 4.78 is 1.90. The van der Waals surface area contributed by atoms with Crippen molar-refractivity contribution in [3.63, 3.8) is 0 Å². The van der Waals surface area contributed by atoms with Gasteiger partial charge in [0.05, 0.1) is 11.9 Å². The van der Waals surface area contributed by atoms with Crippen molar-refractivity contribution in [3.05, 3.63) is 83.4 Å². The number of amides is 1. The summed E-state index contributed by atoms with van der Waals surface area (Å²) in [6.07, 6.45) is 7.23. The Kier molecular flexibility index (Phi) is 3.62. The van der Waals surface area contributed by atoms with E-state index in [1.807, 2.05) is 59.3 Å². The molecular formula is C19H16ClN3O. The molecule has 1 N–H and O–H groups in total. The first kappa shape index (κ1) is 15.0. The zero-order valence-corrected chi connectivity index (χ0v) is 13.7. The van der Waals surface area contributed by atoms with Gasteiger partial charge in [0.15, 0.2) is 0 Å². The van der Waals surface area contributed by atoms with E-state index < -0.39 is 0 Å². The molecule has 4 rings (SSSR count). The van der Waals surface area contributed by atoms with Gasteiger partial charge in [0.25, 0.3) is 5.91 Å². The van der Waals surface area contributed by atoms with E-state index in [0.717, 1.165) is 24.1 Å². The molecule has 0 unspecified atom stereocenters. The molecule has 0 atom stereocenters. The fraction of sp³-hybridized carbons (Fsp3) is 0.158. The quantitative estimate of drug-likeness (QED) is 0.783. The average molecular weight is 338 g/mol. The lowest BCUT2D eigenvalue weighted by Crippen LogP contribution is -2.34. The van der Waals surface area contributed by atoms with Crippen molar-refractivity contribution in [2.75, 3.05) is 0 Å². The van der Waals surface area contributed by atoms with E-state index in [2.05, 4.69) is 10.3 Å². The van der Waals surface area contributed by atoms with Crippen molar-refractivity contribution in [2.24, 2.45) is 0 Å². The van der Waals surface area contributed by atoms with Crippen molar-refractivity contribution in [2.45, 2.75) is 18.4 Å². The highest BCUT2D eigenvalue weighted by molar-refractivity contribution is 6.30. The lowest BCUT2D eigenvalue weighted by atomic mass is 10.0. The van der Waals surface area contributed by atoms with Crippen LogP contribution in [0.1, 0.15) is 28.8 Å². The first-order chi connectivity index (χ1) is 11.7. The Labute approximate surface area is 145 Å². The summed E-state index contributed by atoms with van der Waals surface area (Å²) in [6.45, 7) is 0. The normalized spacial score (nSPS) is 15.0. The number of carbonyl (C=O) groups excluding carboxylic acids is 1. The molecule has 2 aromatic carbocycles. The van der Waals surface area contributed by atoms with Crippen LogP contribution in [0.2, 0.25) is 5.02 Å². The summed E-state index contributed by atoms with van der Waals surface area (Å²) in [5.74, 6) is -0.0559. The minimum Gasteiger partial charge on any atom is -0.343 e. The predicted octanol–water partition coefficient (Wildman–Crippen LogP) is 3.94. The van der Waals surface area contributed by atoms with Crippen LogP contribution in [-0.4, -0.2) is 15.5 Å². The minimum atomic E-state index is -0.245. The van der Waals surface area contributed by atoms with Crippen LogP contribution in [0, 0.1) is 0 Å². The maximum Gasteiger partial charge on any atom is 0.251 e. The number of nitrogens with zero attached hydrogens (tertiary/aromatic N) is 2. The molecule has 24 heavy (non-hydrogen) atoms. The van der Waals surface area contributed by atoms with E-state index in [0.29, 0.717) is 10.6 Å². The van der Waals surface area contributed by atoms with E-state index in [4.69, 9.17) is 11.6 Å². The van der Waals surface area contributed by atoms with Gasteiger partial charge < -0.3 is 9.88 Å². The van der Waals surface area contributed by atoms with Crippen molar-refractivity contribution in [3.8, 4) is 5.69 Å². The van der Waals surface area contributed by atoms with Gasteiger partial charge in [-0.3, -0.25) is 4.79 Å². The molecule has 5 heteroatoms. The van der Waals surface area contributed by atoms with Crippen LogP contribution in [0.15, 0.2) is 67.3 Å². The van der Waals surface area contributed by atoms with E-state index in [9.17, 15) is 4.79 Å². The van der Waals surface area contributed by atoms with Crippen LogP contribution in [0.25, 0.3) is 5.69 Å². The molecule has 120 valence electrons. The van der Waals surface area contributed by atoms with E-state index in [1.165, 1.54) is 0 Å². The molecule has 1 aliphatic rings. The Bertz CT molecular complexity index is 851. The molecule has 1 aliphatic carbocycles. The molecule has 1 heterocycles. The van der Waals surface area contributed by atoms with Gasteiger partial charge in [-0.1, -0.05) is 23.7 Å². The zero-order chi connectivity index (χ0) is 16.6. The fourth-order valence-electron chi connectivity index (χ4n) is 2.87. The van der Waals surface area contributed by atoms with Crippen LogP contribution in [0.3, 0.4) is 0 Å². The number of hydrogen-bond acceptors (Lipinski definition) is 2. The predicted molar refractivity (Wildman–Crippen MR) is 93.4 cm³/mol. The molecule has 0 aliphatic heterocycles. The molecular weight excluding hydrogens is 322 g/mol. The first-order valence-corrected chi connectivity index (χ1v) is 8.21. The van der Waals surface area contributed by atoms with Gasteiger partial charge in [-0.2, -0.15) is 0 Å². The largest absolute Gasteiger partial charge is 0.343 e. The molecule has 1 aromatic heterocycles. The molecule has 1 saturated carbocycles. The lowest BCUT2D eigenvalue weighted by Gasteiger charge is -2.18. The van der Waals surface area contributed by atoms with Gasteiger partial charge in [0.2, 0.25) is 0 Å². The topological polar surface area (TPSA) is 46.9 Å². The third-order valence-corrected chi connectivity index (χ3v) is 4.68. The highest BCUT2D eigenvalue weighted by atomic mass is 35.5. The Morgan fingerprint density at radius 1 is 1.08 bits per heavy atom. The Morgan fingerprint density at radius 3 is 2.38 bits per heavy atom. The highest BCUT2D eigenvalue weighted by Crippen LogP contribution is 2.45. The Morgan fingerprint density at radius 2 is 1.79 bits per heavy atom. The second-order valence-electron chi connectivity index (χ2n) is 6.06. The second-order valence-corrected chi connectivity index (χ2v) is 6.50. The standard InChI is InChI=1S/C19H16ClN3O/c20-16-5-3-15(4-6-16)19(9-10-19)22-18(24)14-1-7-17(8-2-14)23-12-11-21-13-23/h1-8,11-13H,9-10H2,(H,22,24). The molecule has 0 spiro atoms. The maximum absolute atomic E-state index is 12.6. The SMILES string of the molecule is O=C(NC1(c2ccc(Cl)cc2)CC1)c1ccc(-n2ccnc2)cc1. The summed E-state index contributed by atoms with van der Waals surface area (Å²) >= 11 is 5.95. The molecule has 3 aromatic rings. The van der Waals surface area contributed by atoms with Gasteiger partial charge in [-0.25, -0.2) is 4.98 Å². The Balaban J connectivity index is 1.51. The van der Waals surface area contributed by atoms with Crippen molar-refractivity contribution >= 4 is 17.5 Å². The number of hydrogen-bond donors (Lipinski definition) is 1. The first-order valence-electron chi connectivity index (χ1n) is 7.83. The Hall–Kier alpha value is -2.59. The van der Waals surface area contributed by atoms with Crippen LogP contribution >= 0.6 is 11.6 Å². The van der Waals surface area contributed by atoms with Gasteiger partial charge in [-0.05, 0) is 54.8 Å². The summed E-state index contributed by atoms with van der Waals surface area (Å²) in [5.41, 5.74) is 2.49. The minimum absolute atomic E-state index is 0.0559. The van der Waals surface area contributed by atoms with E-state index >= 15 is 0 Å². The zero-order valence-electron chi connectivity index (χ0n) is 12.9. The molecule has 1 amide bonds. The summed E-state index contributed by atoms with van der Waals surface area (Å²) in [5, 5.41) is 3.88. The van der Waals surface area contributed by atoms with E-state index in [-0.39, 0.29) is 11.4 Å². The number of benzene rings is 2. The summed E-state index contributed by atoms with van der Waals surface area (Å²) in [4.78, 5) is 16.6. The van der Waals surface area contributed by atoms with E-state index in [1.54, 1.807) is 12.5 Å². The van der Waals surface area contributed by atoms with Crippen molar-refractivity contribution in [1.82, 2.24) is 14.9 Å². The van der Waals surface area contributed by atoms with Crippen molar-refractivity contribution in [1.29, 1.82) is 0 Å². The molecule has 0 saturated heterocycles. The monoisotopic (exact) mass is 337 g/mol. The second kappa shape index (κ2) is 5.80. The summed E-state index contributed by atoms with van der Waals surface area (Å²) in [7, 11) is 0. The number of imidazole rings is 1. The molecule has 1 fully saturated rings. The van der Waals surface area contributed by atoms with Crippen LogP contribution < -0.4 is 5.32 Å². The van der Waals surface area contributed by atoms with Crippen LogP contribution in [-0.2, 0) is 5.54 Å². The number of carbonyl (C=O) groups is 1. The average Bonchev–Trinajstić information content (AvgIpc) is 3.18. The molecule has 4 nitrogen and oxygen atoms in total. The molecule has 0 radical (unpaired) electrons. The smallest absolute Gasteiger partial charge is 0.251 e. The third kappa shape index (κ3) is 2.81. The summed E-state index contributed by atoms with van der Waals surface area (Å²) in [6, 6.07) is 15.2. The maximum atomic E-state index is 12.6. The van der Waals surface area contributed by atoms with Crippen molar-refractivity contribution < 1.29 is 4.79 Å². The number of aromatic nitrogens is 2. The third-order valence-electron chi connectivity index (χ3n) is 4.43. The van der Waals surface area contributed by atoms with Crippen LogP contribution in [0.4, 0.5) is 0 Å². The van der Waals surface area contributed by atoms with Gasteiger partial charge in [0, 0.05) is 28.7 Å².